The Morgan fingerprint density at radius 1 is 1.43 bits per heavy atom. The summed E-state index contributed by atoms with van der Waals surface area (Å²) in [6.45, 7) is 6.05. The Bertz CT molecular complexity index is 150. The van der Waals surface area contributed by atoms with Gasteiger partial charge in [-0.3, -0.25) is 4.79 Å². The van der Waals surface area contributed by atoms with Crippen LogP contribution < -0.4 is 5.32 Å². The second kappa shape index (κ2) is 8.97. The van der Waals surface area contributed by atoms with E-state index in [1.165, 1.54) is 0 Å². The molecule has 0 aromatic heterocycles. The second-order valence-corrected chi connectivity index (χ2v) is 3.36. The Hall–Kier alpha value is -0.610. The van der Waals surface area contributed by atoms with Crippen molar-refractivity contribution in [1.29, 1.82) is 0 Å². The van der Waals surface area contributed by atoms with Gasteiger partial charge in [-0.15, -0.1) is 0 Å². The quantitative estimate of drug-likeness (QED) is 0.594. The van der Waals surface area contributed by atoms with Gasteiger partial charge in [0.25, 0.3) is 0 Å². The van der Waals surface area contributed by atoms with Gasteiger partial charge in [-0.05, 0) is 5.92 Å². The number of ether oxygens (including phenoxy) is 2. The zero-order chi connectivity index (χ0) is 10.8. The third-order valence-electron chi connectivity index (χ3n) is 2.01. The van der Waals surface area contributed by atoms with Crippen molar-refractivity contribution in [3.63, 3.8) is 0 Å². The molecule has 0 aromatic carbocycles. The molecule has 0 radical (unpaired) electrons. The number of carbonyl (C=O) groups is 1. The van der Waals surface area contributed by atoms with Crippen molar-refractivity contribution >= 4 is 5.91 Å². The second-order valence-electron chi connectivity index (χ2n) is 3.36. The topological polar surface area (TPSA) is 47.6 Å². The highest BCUT2D eigenvalue weighted by Gasteiger charge is 2.03. The minimum atomic E-state index is -0.0543. The van der Waals surface area contributed by atoms with E-state index in [4.69, 9.17) is 9.47 Å². The smallest absolute Gasteiger partial charge is 0.246 e. The molecule has 0 aliphatic heterocycles. The van der Waals surface area contributed by atoms with Crippen LogP contribution in [0.2, 0.25) is 0 Å². The minimum absolute atomic E-state index is 0.0543. The van der Waals surface area contributed by atoms with Crippen molar-refractivity contribution < 1.29 is 14.3 Å². The van der Waals surface area contributed by atoms with Crippen LogP contribution in [0.25, 0.3) is 0 Å². The summed E-state index contributed by atoms with van der Waals surface area (Å²) in [5.74, 6) is 0.472. The number of amides is 1. The fourth-order valence-corrected chi connectivity index (χ4v) is 0.791. The maximum atomic E-state index is 11.1. The fourth-order valence-electron chi connectivity index (χ4n) is 0.791. The molecule has 0 aliphatic rings. The molecular formula is C10H21NO3. The molecule has 14 heavy (non-hydrogen) atoms. The maximum Gasteiger partial charge on any atom is 0.246 e. The van der Waals surface area contributed by atoms with E-state index in [1.807, 2.05) is 0 Å². The lowest BCUT2D eigenvalue weighted by Crippen LogP contribution is -2.31. The summed E-state index contributed by atoms with van der Waals surface area (Å²) >= 11 is 0. The van der Waals surface area contributed by atoms with Crippen LogP contribution in [-0.2, 0) is 14.3 Å². The molecule has 0 saturated heterocycles. The number of rotatable bonds is 8. The van der Waals surface area contributed by atoms with Gasteiger partial charge in [-0.25, -0.2) is 0 Å². The molecule has 0 heterocycles. The van der Waals surface area contributed by atoms with Gasteiger partial charge in [0, 0.05) is 13.7 Å². The summed E-state index contributed by atoms with van der Waals surface area (Å²) in [5.41, 5.74) is 0. The summed E-state index contributed by atoms with van der Waals surface area (Å²) in [6, 6.07) is 0. The molecule has 0 spiro atoms. The van der Waals surface area contributed by atoms with E-state index in [0.717, 1.165) is 13.0 Å². The molecule has 0 aliphatic carbocycles. The van der Waals surface area contributed by atoms with E-state index in [2.05, 4.69) is 19.2 Å². The molecule has 1 atom stereocenters. The molecular weight excluding hydrogens is 182 g/mol. The van der Waals surface area contributed by atoms with Gasteiger partial charge in [0.15, 0.2) is 0 Å². The Morgan fingerprint density at radius 3 is 2.71 bits per heavy atom. The van der Waals surface area contributed by atoms with E-state index in [0.29, 0.717) is 19.1 Å². The van der Waals surface area contributed by atoms with Crippen LogP contribution in [0.15, 0.2) is 0 Å². The first-order chi connectivity index (χ1) is 6.70. The summed E-state index contributed by atoms with van der Waals surface area (Å²) in [4.78, 5) is 11.1. The standard InChI is InChI=1S/C10H21NO3/c1-4-9(2)7-11-10(12)8-14-6-5-13-3/h9H,4-8H2,1-3H3,(H,11,12). The van der Waals surface area contributed by atoms with Crippen LogP contribution in [0, 0.1) is 5.92 Å². The first-order valence-corrected chi connectivity index (χ1v) is 5.04. The third-order valence-corrected chi connectivity index (χ3v) is 2.01. The number of nitrogens with one attached hydrogen (secondary N) is 1. The average Bonchev–Trinajstić information content (AvgIpc) is 2.21. The van der Waals surface area contributed by atoms with E-state index < -0.39 is 0 Å². The van der Waals surface area contributed by atoms with Gasteiger partial charge in [0.2, 0.25) is 5.91 Å². The Labute approximate surface area is 86.0 Å². The Kier molecular flexibility index (Phi) is 8.57. The zero-order valence-electron chi connectivity index (χ0n) is 9.34. The van der Waals surface area contributed by atoms with E-state index in [1.54, 1.807) is 7.11 Å². The van der Waals surface area contributed by atoms with Crippen LogP contribution in [0.4, 0.5) is 0 Å². The molecule has 0 aromatic rings. The highest BCUT2D eigenvalue weighted by atomic mass is 16.5. The summed E-state index contributed by atoms with van der Waals surface area (Å²) in [7, 11) is 1.60. The number of hydrogen-bond acceptors (Lipinski definition) is 3. The van der Waals surface area contributed by atoms with Gasteiger partial charge in [-0.1, -0.05) is 20.3 Å². The van der Waals surface area contributed by atoms with E-state index in [9.17, 15) is 4.79 Å². The number of methoxy groups -OCH3 is 1. The summed E-state index contributed by atoms with van der Waals surface area (Å²) in [5, 5.41) is 2.81. The molecule has 4 heteroatoms. The molecule has 4 nitrogen and oxygen atoms in total. The normalized spacial score (nSPS) is 12.5. The van der Waals surface area contributed by atoms with Crippen LogP contribution in [0.5, 0.6) is 0 Å². The zero-order valence-corrected chi connectivity index (χ0v) is 9.34. The number of hydrogen-bond donors (Lipinski definition) is 1. The molecule has 0 rings (SSSR count). The molecule has 0 saturated carbocycles. The Balaban J connectivity index is 3.28. The monoisotopic (exact) mass is 203 g/mol. The maximum absolute atomic E-state index is 11.1. The van der Waals surface area contributed by atoms with Crippen molar-refractivity contribution in [2.45, 2.75) is 20.3 Å². The van der Waals surface area contributed by atoms with E-state index in [-0.39, 0.29) is 12.5 Å². The SMILES string of the molecule is CCC(C)CNC(=O)COCCOC. The van der Waals surface area contributed by atoms with Crippen molar-refractivity contribution in [3.05, 3.63) is 0 Å². The predicted octanol–water partition coefficient (Wildman–Crippen LogP) is 0.812. The lowest BCUT2D eigenvalue weighted by molar-refractivity contribution is -0.126. The lowest BCUT2D eigenvalue weighted by atomic mass is 10.1. The summed E-state index contributed by atoms with van der Waals surface area (Å²) in [6.07, 6.45) is 1.07. The van der Waals surface area contributed by atoms with Crippen LogP contribution in [0.3, 0.4) is 0 Å². The average molecular weight is 203 g/mol. The molecule has 1 unspecified atom stereocenters. The molecule has 0 fully saturated rings. The number of carbonyl (C=O) groups excluding carboxylic acids is 1. The first kappa shape index (κ1) is 13.4. The fraction of sp³-hybridized carbons (Fsp3) is 0.900. The van der Waals surface area contributed by atoms with Crippen LogP contribution in [-0.4, -0.2) is 39.4 Å². The van der Waals surface area contributed by atoms with Gasteiger partial charge in [0.05, 0.1) is 13.2 Å². The highest BCUT2D eigenvalue weighted by molar-refractivity contribution is 5.77. The highest BCUT2D eigenvalue weighted by Crippen LogP contribution is 1.96. The minimum Gasteiger partial charge on any atom is -0.382 e. The van der Waals surface area contributed by atoms with E-state index >= 15 is 0 Å². The summed E-state index contributed by atoms with van der Waals surface area (Å²) < 4.78 is 9.85. The van der Waals surface area contributed by atoms with Crippen LogP contribution >= 0.6 is 0 Å². The van der Waals surface area contributed by atoms with Gasteiger partial charge in [-0.2, -0.15) is 0 Å². The van der Waals surface area contributed by atoms with Crippen molar-refractivity contribution in [1.82, 2.24) is 5.32 Å². The molecule has 1 amide bonds. The van der Waals surface area contributed by atoms with Crippen molar-refractivity contribution in [2.75, 3.05) is 33.5 Å². The lowest BCUT2D eigenvalue weighted by Gasteiger charge is -2.10. The molecule has 0 bridgehead atoms. The largest absolute Gasteiger partial charge is 0.382 e. The Morgan fingerprint density at radius 2 is 2.14 bits per heavy atom. The van der Waals surface area contributed by atoms with Crippen LogP contribution in [0.1, 0.15) is 20.3 Å². The van der Waals surface area contributed by atoms with Gasteiger partial charge >= 0.3 is 0 Å². The molecule has 1 N–H and O–H groups in total. The molecule has 84 valence electrons. The van der Waals surface area contributed by atoms with Crippen molar-refractivity contribution in [2.24, 2.45) is 5.92 Å². The van der Waals surface area contributed by atoms with Gasteiger partial charge < -0.3 is 14.8 Å². The van der Waals surface area contributed by atoms with Crippen molar-refractivity contribution in [3.8, 4) is 0 Å². The first-order valence-electron chi connectivity index (χ1n) is 5.04. The van der Waals surface area contributed by atoms with Gasteiger partial charge in [0.1, 0.15) is 6.61 Å². The third kappa shape index (κ3) is 8.01. The predicted molar refractivity (Wildman–Crippen MR) is 55.2 cm³/mol.